The van der Waals surface area contributed by atoms with Crippen molar-refractivity contribution in [2.75, 3.05) is 19.1 Å². The predicted molar refractivity (Wildman–Crippen MR) is 99.3 cm³/mol. The Balaban J connectivity index is 1.78. The van der Waals surface area contributed by atoms with E-state index in [-0.39, 0.29) is 11.8 Å². The van der Waals surface area contributed by atoms with E-state index in [2.05, 4.69) is 15.1 Å². The maximum Gasteiger partial charge on any atom is 0.453 e. The van der Waals surface area contributed by atoms with Crippen molar-refractivity contribution in [3.63, 3.8) is 0 Å². The van der Waals surface area contributed by atoms with Gasteiger partial charge < -0.3 is 14.4 Å². The number of anilines is 1. The number of hydrogen-bond acceptors (Lipinski definition) is 6. The summed E-state index contributed by atoms with van der Waals surface area (Å²) in [6, 6.07) is 7.43. The van der Waals surface area contributed by atoms with Crippen molar-refractivity contribution in [2.45, 2.75) is 38.5 Å². The fraction of sp³-hybridized carbons (Fsp3) is 0.421. The molecule has 1 saturated carbocycles. The van der Waals surface area contributed by atoms with Gasteiger partial charge in [0.1, 0.15) is 17.3 Å². The summed E-state index contributed by atoms with van der Waals surface area (Å²) in [7, 11) is 3.14. The number of benzene rings is 1. The highest BCUT2D eigenvalue weighted by molar-refractivity contribution is 5.52. The Hall–Kier alpha value is -3.04. The van der Waals surface area contributed by atoms with E-state index in [1.807, 2.05) is 17.0 Å². The van der Waals surface area contributed by atoms with Crippen LogP contribution in [0.5, 0.6) is 11.5 Å². The lowest BCUT2D eigenvalue weighted by Gasteiger charge is -2.26. The first-order valence-corrected chi connectivity index (χ1v) is 9.09. The fourth-order valence-electron chi connectivity index (χ4n) is 3.24. The molecule has 0 spiro atoms. The van der Waals surface area contributed by atoms with Crippen LogP contribution in [-0.4, -0.2) is 39.8 Å². The minimum atomic E-state index is -4.64. The van der Waals surface area contributed by atoms with E-state index in [1.54, 1.807) is 33.3 Å². The summed E-state index contributed by atoms with van der Waals surface area (Å²) in [5.74, 6) is 0.563. The molecule has 10 heteroatoms. The van der Waals surface area contributed by atoms with Gasteiger partial charge in [-0.2, -0.15) is 22.7 Å². The summed E-state index contributed by atoms with van der Waals surface area (Å²) >= 11 is 0. The Morgan fingerprint density at radius 3 is 2.52 bits per heavy atom. The maximum absolute atomic E-state index is 13.1. The van der Waals surface area contributed by atoms with Gasteiger partial charge in [0.05, 0.1) is 14.2 Å². The van der Waals surface area contributed by atoms with E-state index in [1.165, 1.54) is 4.52 Å². The van der Waals surface area contributed by atoms with Gasteiger partial charge in [0, 0.05) is 36.0 Å². The van der Waals surface area contributed by atoms with Crippen LogP contribution in [0.1, 0.15) is 29.9 Å². The van der Waals surface area contributed by atoms with E-state index in [0.717, 1.165) is 18.4 Å². The molecule has 0 radical (unpaired) electrons. The van der Waals surface area contributed by atoms with Crippen molar-refractivity contribution in [1.82, 2.24) is 19.6 Å². The summed E-state index contributed by atoms with van der Waals surface area (Å²) in [6.07, 6.45) is -2.74. The molecular weight excluding hydrogens is 387 g/mol. The zero-order chi connectivity index (χ0) is 20.8. The van der Waals surface area contributed by atoms with Crippen molar-refractivity contribution in [3.8, 4) is 11.5 Å². The van der Waals surface area contributed by atoms with Gasteiger partial charge in [0.25, 0.3) is 11.6 Å². The summed E-state index contributed by atoms with van der Waals surface area (Å²) in [5.41, 5.74) is 1.46. The first-order chi connectivity index (χ1) is 13.8. The molecule has 29 heavy (non-hydrogen) atoms. The number of alkyl halides is 3. The topological polar surface area (TPSA) is 64.8 Å². The normalized spacial score (nSPS) is 14.3. The Morgan fingerprint density at radius 1 is 1.14 bits per heavy atom. The zero-order valence-electron chi connectivity index (χ0n) is 16.2. The van der Waals surface area contributed by atoms with E-state index in [0.29, 0.717) is 29.6 Å². The van der Waals surface area contributed by atoms with Gasteiger partial charge in [-0.05, 0) is 31.9 Å². The molecule has 2 aromatic heterocycles. The van der Waals surface area contributed by atoms with Gasteiger partial charge in [-0.25, -0.2) is 4.98 Å². The first-order valence-electron chi connectivity index (χ1n) is 9.09. The SMILES string of the molecule is COc1ccc(CN(c2cc(C)nc3nc(C(F)(F)F)nn23)C2CC2)c(OC)c1. The van der Waals surface area contributed by atoms with E-state index >= 15 is 0 Å². The molecule has 1 aromatic carbocycles. The molecule has 0 atom stereocenters. The van der Waals surface area contributed by atoms with Crippen LogP contribution in [0.2, 0.25) is 0 Å². The van der Waals surface area contributed by atoms with Crippen LogP contribution in [0.15, 0.2) is 24.3 Å². The van der Waals surface area contributed by atoms with Crippen molar-refractivity contribution in [3.05, 3.63) is 41.3 Å². The first kappa shape index (κ1) is 19.3. The number of fused-ring (bicyclic) bond motifs is 1. The monoisotopic (exact) mass is 407 g/mol. The highest BCUT2D eigenvalue weighted by Gasteiger charge is 2.38. The lowest BCUT2D eigenvalue weighted by molar-refractivity contribution is -0.144. The van der Waals surface area contributed by atoms with Gasteiger partial charge >= 0.3 is 6.18 Å². The third kappa shape index (κ3) is 3.79. The highest BCUT2D eigenvalue weighted by atomic mass is 19.4. The maximum atomic E-state index is 13.1. The molecule has 0 unspecified atom stereocenters. The van der Waals surface area contributed by atoms with Crippen molar-refractivity contribution in [1.29, 1.82) is 0 Å². The minimum Gasteiger partial charge on any atom is -0.497 e. The predicted octanol–water partition coefficient (Wildman–Crippen LogP) is 3.64. The largest absolute Gasteiger partial charge is 0.497 e. The van der Waals surface area contributed by atoms with Crippen LogP contribution in [0.25, 0.3) is 5.78 Å². The van der Waals surface area contributed by atoms with Crippen molar-refractivity contribution in [2.24, 2.45) is 0 Å². The van der Waals surface area contributed by atoms with Gasteiger partial charge in [-0.15, -0.1) is 5.10 Å². The summed E-state index contributed by atoms with van der Waals surface area (Å²) in [6.45, 7) is 2.17. The molecular formula is C19H20F3N5O2. The molecule has 1 aliphatic carbocycles. The summed E-state index contributed by atoms with van der Waals surface area (Å²) in [5, 5.41) is 3.69. The zero-order valence-corrected chi connectivity index (χ0v) is 16.2. The van der Waals surface area contributed by atoms with Gasteiger partial charge in [-0.1, -0.05) is 0 Å². The Bertz CT molecular complexity index is 1050. The van der Waals surface area contributed by atoms with Crippen molar-refractivity contribution < 1.29 is 22.6 Å². The van der Waals surface area contributed by atoms with Gasteiger partial charge in [0.2, 0.25) is 0 Å². The highest BCUT2D eigenvalue weighted by Crippen LogP contribution is 2.36. The average Bonchev–Trinajstić information content (AvgIpc) is 3.42. The molecule has 7 nitrogen and oxygen atoms in total. The second-order valence-corrected chi connectivity index (χ2v) is 6.94. The van der Waals surface area contributed by atoms with E-state index < -0.39 is 12.0 Å². The lowest BCUT2D eigenvalue weighted by atomic mass is 10.1. The molecule has 0 bridgehead atoms. The molecule has 154 valence electrons. The van der Waals surface area contributed by atoms with E-state index in [9.17, 15) is 13.2 Å². The van der Waals surface area contributed by atoms with Crippen LogP contribution in [0, 0.1) is 6.92 Å². The molecule has 0 aliphatic heterocycles. The van der Waals surface area contributed by atoms with Crippen LogP contribution in [-0.2, 0) is 12.7 Å². The standard InChI is InChI=1S/C19H20F3N5O2/c1-11-8-16(27-18(23-11)24-17(25-27)19(20,21)22)26(13-5-6-13)10-12-4-7-14(28-2)9-15(12)29-3/h4,7-9,13H,5-6,10H2,1-3H3. The third-order valence-corrected chi connectivity index (χ3v) is 4.79. The average molecular weight is 407 g/mol. The Kier molecular flexibility index (Phi) is 4.71. The van der Waals surface area contributed by atoms with Crippen molar-refractivity contribution >= 4 is 11.6 Å². The van der Waals surface area contributed by atoms with Crippen LogP contribution < -0.4 is 14.4 Å². The minimum absolute atomic E-state index is 0.0697. The third-order valence-electron chi connectivity index (χ3n) is 4.79. The Morgan fingerprint density at radius 2 is 1.90 bits per heavy atom. The second kappa shape index (κ2) is 7.09. The number of aromatic nitrogens is 4. The summed E-state index contributed by atoms with van der Waals surface area (Å²) < 4.78 is 51.3. The van der Waals surface area contributed by atoms with Crippen LogP contribution in [0.4, 0.5) is 19.0 Å². The number of nitrogens with zero attached hydrogens (tertiary/aromatic N) is 5. The number of hydrogen-bond donors (Lipinski definition) is 0. The number of methoxy groups -OCH3 is 2. The fourth-order valence-corrected chi connectivity index (χ4v) is 3.24. The number of ether oxygens (including phenoxy) is 2. The molecule has 0 amide bonds. The molecule has 0 N–H and O–H groups in total. The molecule has 2 heterocycles. The molecule has 3 aromatic rings. The van der Waals surface area contributed by atoms with Crippen LogP contribution in [0.3, 0.4) is 0 Å². The Labute approximate surface area is 165 Å². The molecule has 4 rings (SSSR count). The van der Waals surface area contributed by atoms with Gasteiger partial charge in [-0.3, -0.25) is 0 Å². The second-order valence-electron chi connectivity index (χ2n) is 6.94. The smallest absolute Gasteiger partial charge is 0.453 e. The quantitative estimate of drug-likeness (QED) is 0.622. The van der Waals surface area contributed by atoms with Crippen LogP contribution >= 0.6 is 0 Å². The lowest BCUT2D eigenvalue weighted by Crippen LogP contribution is -2.28. The molecule has 1 fully saturated rings. The number of halogens is 3. The summed E-state index contributed by atoms with van der Waals surface area (Å²) in [4.78, 5) is 9.73. The van der Waals surface area contributed by atoms with E-state index in [4.69, 9.17) is 9.47 Å². The molecule has 1 aliphatic rings. The number of aryl methyl sites for hydroxylation is 1. The molecule has 0 saturated heterocycles. The van der Waals surface area contributed by atoms with Gasteiger partial charge in [0.15, 0.2) is 0 Å². The number of rotatable bonds is 6.